The maximum Gasteiger partial charge on any atom is 0.222 e. The second-order valence-corrected chi connectivity index (χ2v) is 5.93. The van der Waals surface area contributed by atoms with Gasteiger partial charge in [0.1, 0.15) is 5.75 Å². The lowest BCUT2D eigenvalue weighted by Gasteiger charge is -2.34. The zero-order chi connectivity index (χ0) is 16.1. The van der Waals surface area contributed by atoms with Crippen molar-refractivity contribution in [3.8, 4) is 5.75 Å². The molecular weight excluding hydrogens is 292 g/mol. The van der Waals surface area contributed by atoms with E-state index in [1.54, 1.807) is 18.3 Å². The molecule has 1 saturated heterocycles. The molecule has 1 aromatic carbocycles. The first kappa shape index (κ1) is 15.6. The van der Waals surface area contributed by atoms with E-state index in [0.717, 1.165) is 50.3 Å². The molecule has 6 nitrogen and oxygen atoms in total. The van der Waals surface area contributed by atoms with Crippen molar-refractivity contribution < 1.29 is 9.90 Å². The fraction of sp³-hybridized carbons (Fsp3) is 0.412. The monoisotopic (exact) mass is 314 g/mol. The molecule has 2 aromatic rings. The Balaban J connectivity index is 1.43. The number of hydrogen-bond acceptors (Lipinski definition) is 4. The Labute approximate surface area is 135 Å². The van der Waals surface area contributed by atoms with Gasteiger partial charge < -0.3 is 10.0 Å². The molecule has 0 radical (unpaired) electrons. The molecule has 23 heavy (non-hydrogen) atoms. The molecule has 0 bridgehead atoms. The summed E-state index contributed by atoms with van der Waals surface area (Å²) < 4.78 is 0. The zero-order valence-corrected chi connectivity index (χ0v) is 13.1. The van der Waals surface area contributed by atoms with E-state index in [2.05, 4.69) is 15.1 Å². The van der Waals surface area contributed by atoms with Gasteiger partial charge in [-0.25, -0.2) is 0 Å². The third-order valence-corrected chi connectivity index (χ3v) is 4.22. The molecule has 0 unspecified atom stereocenters. The summed E-state index contributed by atoms with van der Waals surface area (Å²) in [6.07, 6.45) is 4.87. The fourth-order valence-electron chi connectivity index (χ4n) is 2.89. The van der Waals surface area contributed by atoms with E-state index in [9.17, 15) is 9.90 Å². The van der Waals surface area contributed by atoms with Gasteiger partial charge in [0.25, 0.3) is 0 Å². The number of piperazine rings is 1. The number of carbonyl (C=O) groups is 1. The summed E-state index contributed by atoms with van der Waals surface area (Å²) in [5.74, 6) is 0.513. The lowest BCUT2D eigenvalue weighted by atomic mass is 10.1. The molecule has 2 N–H and O–H groups in total. The lowest BCUT2D eigenvalue weighted by Crippen LogP contribution is -2.48. The van der Waals surface area contributed by atoms with E-state index in [-0.39, 0.29) is 5.91 Å². The molecule has 3 rings (SSSR count). The van der Waals surface area contributed by atoms with E-state index in [4.69, 9.17) is 0 Å². The van der Waals surface area contributed by atoms with Gasteiger partial charge in [0.05, 0.1) is 6.20 Å². The van der Waals surface area contributed by atoms with Crippen molar-refractivity contribution in [2.45, 2.75) is 19.4 Å². The SMILES string of the molecule is O=C(CCc1cn[nH]c1)N1CCN(Cc2cccc(O)c2)CC1. The minimum Gasteiger partial charge on any atom is -0.508 e. The second kappa shape index (κ2) is 7.28. The predicted molar refractivity (Wildman–Crippen MR) is 86.9 cm³/mol. The van der Waals surface area contributed by atoms with E-state index in [1.165, 1.54) is 0 Å². The number of carbonyl (C=O) groups excluding carboxylic acids is 1. The number of hydrogen-bond donors (Lipinski definition) is 2. The molecule has 2 heterocycles. The first-order chi connectivity index (χ1) is 11.2. The number of nitrogens with one attached hydrogen (secondary N) is 1. The van der Waals surface area contributed by atoms with E-state index < -0.39 is 0 Å². The number of phenols is 1. The third kappa shape index (κ3) is 4.32. The van der Waals surface area contributed by atoms with Crippen molar-refractivity contribution >= 4 is 5.91 Å². The summed E-state index contributed by atoms with van der Waals surface area (Å²) >= 11 is 0. The highest BCUT2D eigenvalue weighted by atomic mass is 16.3. The molecule has 1 amide bonds. The highest BCUT2D eigenvalue weighted by Gasteiger charge is 2.20. The Morgan fingerprint density at radius 1 is 1.22 bits per heavy atom. The number of aryl methyl sites for hydroxylation is 1. The van der Waals surface area contributed by atoms with Crippen molar-refractivity contribution in [1.82, 2.24) is 20.0 Å². The maximum atomic E-state index is 12.2. The number of amides is 1. The third-order valence-electron chi connectivity index (χ3n) is 4.22. The van der Waals surface area contributed by atoms with Gasteiger partial charge in [-0.05, 0) is 29.7 Å². The molecule has 0 atom stereocenters. The van der Waals surface area contributed by atoms with Gasteiger partial charge in [0, 0.05) is 45.3 Å². The standard InChI is InChI=1S/C17H22N4O2/c22-16-3-1-2-14(10-16)13-20-6-8-21(9-7-20)17(23)5-4-15-11-18-19-12-15/h1-3,10-12,22H,4-9,13H2,(H,18,19). The van der Waals surface area contributed by atoms with E-state index in [1.807, 2.05) is 23.2 Å². The smallest absolute Gasteiger partial charge is 0.222 e. The van der Waals surface area contributed by atoms with Crippen LogP contribution in [0.4, 0.5) is 0 Å². The maximum absolute atomic E-state index is 12.2. The second-order valence-electron chi connectivity index (χ2n) is 5.93. The first-order valence-corrected chi connectivity index (χ1v) is 7.96. The Morgan fingerprint density at radius 3 is 2.74 bits per heavy atom. The summed E-state index contributed by atoms with van der Waals surface area (Å²) in [5.41, 5.74) is 2.17. The number of benzene rings is 1. The molecule has 1 fully saturated rings. The summed E-state index contributed by atoms with van der Waals surface area (Å²) in [6.45, 7) is 4.08. The minimum atomic E-state index is 0.211. The van der Waals surface area contributed by atoms with Crippen LogP contribution in [0.15, 0.2) is 36.7 Å². The van der Waals surface area contributed by atoms with Gasteiger partial charge in [-0.1, -0.05) is 12.1 Å². The van der Waals surface area contributed by atoms with Crippen LogP contribution in [-0.4, -0.2) is 57.2 Å². The molecule has 1 aromatic heterocycles. The summed E-state index contributed by atoms with van der Waals surface area (Å²) in [4.78, 5) is 16.5. The summed E-state index contributed by atoms with van der Waals surface area (Å²) in [5, 5.41) is 16.2. The Kier molecular flexibility index (Phi) is 4.92. The van der Waals surface area contributed by atoms with Gasteiger partial charge in [-0.2, -0.15) is 5.10 Å². The van der Waals surface area contributed by atoms with E-state index in [0.29, 0.717) is 12.2 Å². The number of H-pyrrole nitrogens is 1. The first-order valence-electron chi connectivity index (χ1n) is 7.96. The molecule has 0 saturated carbocycles. The average Bonchev–Trinajstić information content (AvgIpc) is 3.07. The van der Waals surface area contributed by atoms with Crippen LogP contribution in [-0.2, 0) is 17.8 Å². The number of aromatic hydroxyl groups is 1. The molecule has 0 aliphatic carbocycles. The van der Waals surface area contributed by atoms with Gasteiger partial charge in [-0.15, -0.1) is 0 Å². The van der Waals surface area contributed by atoms with Crippen LogP contribution >= 0.6 is 0 Å². The molecule has 6 heteroatoms. The van der Waals surface area contributed by atoms with Crippen LogP contribution in [0.5, 0.6) is 5.75 Å². The Hall–Kier alpha value is -2.34. The van der Waals surface area contributed by atoms with Crippen LogP contribution in [0, 0.1) is 0 Å². The number of aromatic nitrogens is 2. The number of rotatable bonds is 5. The van der Waals surface area contributed by atoms with Gasteiger partial charge in [0.15, 0.2) is 0 Å². The highest BCUT2D eigenvalue weighted by molar-refractivity contribution is 5.76. The van der Waals surface area contributed by atoms with Crippen LogP contribution in [0.25, 0.3) is 0 Å². The molecule has 0 spiro atoms. The number of nitrogens with zero attached hydrogens (tertiary/aromatic N) is 3. The molecule has 122 valence electrons. The van der Waals surface area contributed by atoms with E-state index >= 15 is 0 Å². The van der Waals surface area contributed by atoms with Crippen molar-refractivity contribution in [1.29, 1.82) is 0 Å². The predicted octanol–water partition coefficient (Wildman–Crippen LogP) is 1.39. The Morgan fingerprint density at radius 2 is 2.04 bits per heavy atom. The van der Waals surface area contributed by atoms with Crippen LogP contribution in [0.3, 0.4) is 0 Å². The van der Waals surface area contributed by atoms with Crippen LogP contribution < -0.4 is 0 Å². The zero-order valence-electron chi connectivity index (χ0n) is 13.1. The molecular formula is C17H22N4O2. The molecule has 1 aliphatic rings. The highest BCUT2D eigenvalue weighted by Crippen LogP contribution is 2.14. The van der Waals surface area contributed by atoms with Gasteiger partial charge in [-0.3, -0.25) is 14.8 Å². The van der Waals surface area contributed by atoms with Crippen molar-refractivity contribution in [2.24, 2.45) is 0 Å². The number of aromatic amines is 1. The van der Waals surface area contributed by atoms with Crippen molar-refractivity contribution in [3.63, 3.8) is 0 Å². The van der Waals surface area contributed by atoms with Crippen LogP contribution in [0.1, 0.15) is 17.5 Å². The summed E-state index contributed by atoms with van der Waals surface area (Å²) in [7, 11) is 0. The number of phenolic OH excluding ortho intramolecular Hbond substituents is 1. The molecule has 1 aliphatic heterocycles. The fourth-order valence-corrected chi connectivity index (χ4v) is 2.89. The quantitative estimate of drug-likeness (QED) is 0.875. The topological polar surface area (TPSA) is 72.5 Å². The summed E-state index contributed by atoms with van der Waals surface area (Å²) in [6, 6.07) is 7.35. The Bertz CT molecular complexity index is 634. The average molecular weight is 314 g/mol. The van der Waals surface area contributed by atoms with Gasteiger partial charge in [0.2, 0.25) is 5.91 Å². The van der Waals surface area contributed by atoms with Crippen molar-refractivity contribution in [2.75, 3.05) is 26.2 Å². The normalized spacial score (nSPS) is 15.7. The van der Waals surface area contributed by atoms with Crippen molar-refractivity contribution in [3.05, 3.63) is 47.8 Å². The van der Waals surface area contributed by atoms with Crippen LogP contribution in [0.2, 0.25) is 0 Å². The lowest BCUT2D eigenvalue weighted by molar-refractivity contribution is -0.133. The largest absolute Gasteiger partial charge is 0.508 e. The van der Waals surface area contributed by atoms with Gasteiger partial charge >= 0.3 is 0 Å². The minimum absolute atomic E-state index is 0.211.